The third-order valence-corrected chi connectivity index (χ3v) is 6.00. The lowest BCUT2D eigenvalue weighted by atomic mass is 9.77. The smallest absolute Gasteiger partial charge is 0.228 e. The summed E-state index contributed by atoms with van der Waals surface area (Å²) in [5.74, 6) is 1.73. The van der Waals surface area contributed by atoms with Crippen molar-refractivity contribution in [2.24, 2.45) is 5.41 Å². The Hall–Kier alpha value is -1.66. The van der Waals surface area contributed by atoms with Crippen molar-refractivity contribution in [2.75, 3.05) is 19.7 Å². The van der Waals surface area contributed by atoms with Crippen LogP contribution < -0.4 is 0 Å². The summed E-state index contributed by atoms with van der Waals surface area (Å²) in [6, 6.07) is 3.82. The third-order valence-electron chi connectivity index (χ3n) is 5.10. The van der Waals surface area contributed by atoms with E-state index in [2.05, 4.69) is 11.9 Å². The molecule has 6 heteroatoms. The molecule has 0 aliphatic carbocycles. The maximum absolute atomic E-state index is 12.5. The van der Waals surface area contributed by atoms with E-state index in [1.54, 1.807) is 0 Å². The molecule has 2 aromatic rings. The molecule has 24 heavy (non-hydrogen) atoms. The highest BCUT2D eigenvalue weighted by molar-refractivity contribution is 7.13. The largest absolute Gasteiger partial charge is 0.459 e. The fourth-order valence-electron chi connectivity index (χ4n) is 3.17. The highest BCUT2D eigenvalue weighted by Crippen LogP contribution is 2.34. The van der Waals surface area contributed by atoms with E-state index in [9.17, 15) is 9.90 Å². The summed E-state index contributed by atoms with van der Waals surface area (Å²) in [5, 5.41) is 12.3. The molecule has 5 nitrogen and oxygen atoms in total. The van der Waals surface area contributed by atoms with Crippen LogP contribution in [-0.4, -0.2) is 40.6 Å². The number of rotatable bonds is 5. The number of furan rings is 1. The zero-order chi connectivity index (χ0) is 17.2. The van der Waals surface area contributed by atoms with E-state index in [-0.39, 0.29) is 17.9 Å². The average Bonchev–Trinajstić information content (AvgIpc) is 3.24. The van der Waals surface area contributed by atoms with Gasteiger partial charge in [-0.1, -0.05) is 6.92 Å². The van der Waals surface area contributed by atoms with Gasteiger partial charge in [0, 0.05) is 25.1 Å². The number of hydrogen-bond acceptors (Lipinski definition) is 5. The molecule has 0 aromatic carbocycles. The van der Waals surface area contributed by atoms with Crippen molar-refractivity contribution >= 4 is 17.2 Å². The summed E-state index contributed by atoms with van der Waals surface area (Å²) in [6.45, 7) is 5.67. The van der Waals surface area contributed by atoms with Crippen molar-refractivity contribution in [3.63, 3.8) is 0 Å². The molecule has 2 aromatic heterocycles. The molecular formula is C18H24N2O3S. The topological polar surface area (TPSA) is 66.6 Å². The Labute approximate surface area is 146 Å². The fraction of sp³-hybridized carbons (Fsp3) is 0.556. The van der Waals surface area contributed by atoms with Crippen LogP contribution in [-0.2, 0) is 11.2 Å². The first-order valence-electron chi connectivity index (χ1n) is 8.45. The quantitative estimate of drug-likeness (QED) is 0.900. The lowest BCUT2D eigenvalue weighted by Crippen LogP contribution is -2.45. The van der Waals surface area contributed by atoms with Gasteiger partial charge in [-0.25, -0.2) is 4.98 Å². The van der Waals surface area contributed by atoms with Gasteiger partial charge in [0.05, 0.1) is 12.1 Å². The average molecular weight is 348 g/mol. The number of likely N-dealkylation sites (tertiary alicyclic amines) is 1. The van der Waals surface area contributed by atoms with Gasteiger partial charge in [-0.3, -0.25) is 4.79 Å². The van der Waals surface area contributed by atoms with Gasteiger partial charge in [-0.05, 0) is 43.7 Å². The highest BCUT2D eigenvalue weighted by atomic mass is 32.1. The Morgan fingerprint density at radius 2 is 2.17 bits per heavy atom. The molecule has 3 rings (SSSR count). The summed E-state index contributed by atoms with van der Waals surface area (Å²) in [5.41, 5.74) is 0.797. The fourth-order valence-corrected chi connectivity index (χ4v) is 3.95. The van der Waals surface area contributed by atoms with Crippen molar-refractivity contribution in [3.8, 4) is 10.8 Å². The zero-order valence-electron chi connectivity index (χ0n) is 14.2. The Morgan fingerprint density at radius 3 is 2.75 bits per heavy atom. The van der Waals surface area contributed by atoms with Gasteiger partial charge in [0.25, 0.3) is 0 Å². The second-order valence-electron chi connectivity index (χ2n) is 6.62. The first-order chi connectivity index (χ1) is 11.5. The Bertz CT molecular complexity index is 693. The number of aliphatic hydroxyl groups excluding tert-OH is 1. The van der Waals surface area contributed by atoms with Crippen LogP contribution in [0.1, 0.15) is 37.6 Å². The highest BCUT2D eigenvalue weighted by Gasteiger charge is 2.33. The number of carbonyl (C=O) groups is 1. The van der Waals surface area contributed by atoms with E-state index in [1.165, 1.54) is 11.3 Å². The number of thiazole rings is 1. The second-order valence-corrected chi connectivity index (χ2v) is 7.48. The van der Waals surface area contributed by atoms with Gasteiger partial charge < -0.3 is 14.4 Å². The van der Waals surface area contributed by atoms with Gasteiger partial charge in [-0.15, -0.1) is 11.3 Å². The number of aliphatic hydroxyl groups is 1. The summed E-state index contributed by atoms with van der Waals surface area (Å²) in [4.78, 5) is 18.9. The van der Waals surface area contributed by atoms with Gasteiger partial charge >= 0.3 is 0 Å². The van der Waals surface area contributed by atoms with E-state index < -0.39 is 0 Å². The molecule has 1 amide bonds. The van der Waals surface area contributed by atoms with E-state index in [0.717, 1.165) is 54.6 Å². The lowest BCUT2D eigenvalue weighted by Gasteiger charge is -2.40. The van der Waals surface area contributed by atoms with E-state index in [1.807, 2.05) is 29.3 Å². The van der Waals surface area contributed by atoms with Crippen LogP contribution in [0.25, 0.3) is 10.8 Å². The number of amides is 1. The maximum Gasteiger partial charge on any atom is 0.228 e. The Morgan fingerprint density at radius 1 is 1.42 bits per heavy atom. The Kier molecular flexibility index (Phi) is 5.06. The second kappa shape index (κ2) is 7.07. The van der Waals surface area contributed by atoms with Crippen molar-refractivity contribution in [1.29, 1.82) is 0 Å². The number of hydrogen-bond donors (Lipinski definition) is 1. The number of aryl methyl sites for hydroxylation is 1. The number of piperidine rings is 1. The lowest BCUT2D eigenvalue weighted by molar-refractivity contribution is -0.133. The number of aromatic nitrogens is 1. The van der Waals surface area contributed by atoms with Crippen LogP contribution in [0.4, 0.5) is 0 Å². The summed E-state index contributed by atoms with van der Waals surface area (Å²) in [6.07, 6.45) is 3.04. The molecule has 1 aliphatic rings. The van der Waals surface area contributed by atoms with Gasteiger partial charge in [-0.2, -0.15) is 0 Å². The molecular weight excluding hydrogens is 324 g/mol. The van der Waals surface area contributed by atoms with E-state index in [0.29, 0.717) is 6.42 Å². The molecule has 0 atom stereocenters. The first kappa shape index (κ1) is 17.2. The number of nitrogens with zero attached hydrogens (tertiary/aromatic N) is 2. The third kappa shape index (κ3) is 3.54. The standard InChI is InChI=1S/C18H24N2O3S/c1-3-18(12-21)6-8-20(9-7-18)16(22)10-14-11-24-17(19-14)15-5-4-13(2)23-15/h4-5,11,21H,3,6-10,12H2,1-2H3. The minimum Gasteiger partial charge on any atom is -0.459 e. The van der Waals surface area contributed by atoms with Crippen LogP contribution in [0.3, 0.4) is 0 Å². The molecule has 0 saturated carbocycles. The van der Waals surface area contributed by atoms with Gasteiger partial charge in [0.1, 0.15) is 5.76 Å². The van der Waals surface area contributed by atoms with Crippen molar-refractivity contribution in [3.05, 3.63) is 29.0 Å². The zero-order valence-corrected chi connectivity index (χ0v) is 15.1. The summed E-state index contributed by atoms with van der Waals surface area (Å²) >= 11 is 1.50. The monoisotopic (exact) mass is 348 g/mol. The molecule has 1 aliphatic heterocycles. The Balaban J connectivity index is 1.59. The summed E-state index contributed by atoms with van der Waals surface area (Å²) < 4.78 is 5.58. The molecule has 0 spiro atoms. The van der Waals surface area contributed by atoms with Crippen LogP contribution >= 0.6 is 11.3 Å². The van der Waals surface area contributed by atoms with E-state index in [4.69, 9.17) is 4.42 Å². The molecule has 1 saturated heterocycles. The van der Waals surface area contributed by atoms with Crippen molar-refractivity contribution in [2.45, 2.75) is 39.5 Å². The van der Waals surface area contributed by atoms with Crippen LogP contribution in [0.5, 0.6) is 0 Å². The predicted octanol–water partition coefficient (Wildman–Crippen LogP) is 3.27. The molecule has 0 unspecified atom stereocenters. The minimum absolute atomic E-state index is 0.00171. The molecule has 1 fully saturated rings. The van der Waals surface area contributed by atoms with Crippen molar-refractivity contribution < 1.29 is 14.3 Å². The molecule has 1 N–H and O–H groups in total. The SMILES string of the molecule is CCC1(CO)CCN(C(=O)Cc2csc(-c3ccc(C)o3)n2)CC1. The normalized spacial score (nSPS) is 17.2. The molecule has 130 valence electrons. The summed E-state index contributed by atoms with van der Waals surface area (Å²) in [7, 11) is 0. The maximum atomic E-state index is 12.5. The predicted molar refractivity (Wildman–Crippen MR) is 93.9 cm³/mol. The van der Waals surface area contributed by atoms with E-state index >= 15 is 0 Å². The van der Waals surface area contributed by atoms with Crippen LogP contribution in [0.2, 0.25) is 0 Å². The number of carbonyl (C=O) groups excluding carboxylic acids is 1. The van der Waals surface area contributed by atoms with Crippen molar-refractivity contribution in [1.82, 2.24) is 9.88 Å². The van der Waals surface area contributed by atoms with Crippen LogP contribution in [0.15, 0.2) is 21.9 Å². The molecule has 3 heterocycles. The van der Waals surface area contributed by atoms with Crippen LogP contribution in [0, 0.1) is 12.3 Å². The molecule has 0 bridgehead atoms. The van der Waals surface area contributed by atoms with Gasteiger partial charge in [0.15, 0.2) is 10.8 Å². The van der Waals surface area contributed by atoms with Gasteiger partial charge in [0.2, 0.25) is 5.91 Å². The first-order valence-corrected chi connectivity index (χ1v) is 9.33. The molecule has 0 radical (unpaired) electrons. The minimum atomic E-state index is 0.00171.